The number of carbonyl (C=O) groups is 3. The molecule has 3 rings (SSSR count). The Labute approximate surface area is 162 Å². The largest absolute Gasteiger partial charge is 0.425 e. The molecule has 0 bridgehead atoms. The summed E-state index contributed by atoms with van der Waals surface area (Å²) in [4.78, 5) is 39.0. The lowest BCUT2D eigenvalue weighted by Gasteiger charge is -2.24. The smallest absolute Gasteiger partial charge is 0.334 e. The van der Waals surface area contributed by atoms with Gasteiger partial charge in [-0.15, -0.1) is 0 Å². The predicted molar refractivity (Wildman–Crippen MR) is 102 cm³/mol. The van der Waals surface area contributed by atoms with E-state index in [1.165, 1.54) is 12.1 Å². The van der Waals surface area contributed by atoms with E-state index in [4.69, 9.17) is 4.74 Å². The van der Waals surface area contributed by atoms with Gasteiger partial charge in [0.15, 0.2) is 0 Å². The molecule has 28 heavy (non-hydrogen) atoms. The number of aryl methyl sites for hydroxylation is 1. The van der Waals surface area contributed by atoms with E-state index < -0.39 is 33.7 Å². The van der Waals surface area contributed by atoms with E-state index >= 15 is 0 Å². The number of imide groups is 1. The molecule has 1 atom stereocenters. The lowest BCUT2D eigenvalue weighted by atomic mass is 10.1. The highest BCUT2D eigenvalue weighted by molar-refractivity contribution is 7.90. The van der Waals surface area contributed by atoms with Crippen LogP contribution in [0.25, 0.3) is 0 Å². The van der Waals surface area contributed by atoms with Crippen molar-refractivity contribution in [1.29, 1.82) is 0 Å². The van der Waals surface area contributed by atoms with E-state index in [2.05, 4.69) is 0 Å². The molecule has 8 heteroatoms. The van der Waals surface area contributed by atoms with Crippen molar-refractivity contribution in [2.75, 3.05) is 12.0 Å². The Bertz CT molecular complexity index is 1010. The molecule has 2 aromatic carbocycles. The molecule has 2 amide bonds. The summed E-state index contributed by atoms with van der Waals surface area (Å²) in [6, 6.07) is 11.5. The maximum atomic E-state index is 12.8. The van der Waals surface area contributed by atoms with Crippen LogP contribution in [0.5, 0.6) is 5.75 Å². The zero-order chi connectivity index (χ0) is 20.5. The number of benzene rings is 2. The van der Waals surface area contributed by atoms with E-state index in [0.29, 0.717) is 0 Å². The zero-order valence-electron chi connectivity index (χ0n) is 15.4. The average Bonchev–Trinajstić information content (AvgIpc) is 2.88. The molecule has 0 spiro atoms. The van der Waals surface area contributed by atoms with Crippen LogP contribution in [0, 0.1) is 6.92 Å². The molecular weight excluding hydrogens is 382 g/mol. The van der Waals surface area contributed by atoms with E-state index in [-0.39, 0.29) is 29.1 Å². The van der Waals surface area contributed by atoms with Gasteiger partial charge in [0.1, 0.15) is 21.6 Å². The van der Waals surface area contributed by atoms with Crippen molar-refractivity contribution in [3.05, 3.63) is 65.2 Å². The number of ether oxygens (including phenoxy) is 1. The molecule has 1 aliphatic rings. The molecule has 0 saturated heterocycles. The molecule has 1 heterocycles. The van der Waals surface area contributed by atoms with Crippen LogP contribution in [0.2, 0.25) is 0 Å². The molecular formula is C20H19NO6S. The van der Waals surface area contributed by atoms with E-state index in [1.807, 2.05) is 6.92 Å². The van der Waals surface area contributed by atoms with Gasteiger partial charge in [0.05, 0.1) is 16.9 Å². The number of sulfone groups is 1. The monoisotopic (exact) mass is 401 g/mol. The standard InChI is InChI=1S/C20H19NO6S/c1-13-7-9-14(10-8-13)27-20(24)17(11-12-28(2,25)26)21-18(22)15-5-3-4-6-16(15)19(21)23/h3-10,17H,11-12H2,1-2H3. The highest BCUT2D eigenvalue weighted by Gasteiger charge is 2.43. The summed E-state index contributed by atoms with van der Waals surface area (Å²) < 4.78 is 28.5. The van der Waals surface area contributed by atoms with Crippen molar-refractivity contribution in [3.63, 3.8) is 0 Å². The van der Waals surface area contributed by atoms with Gasteiger partial charge in [-0.1, -0.05) is 29.8 Å². The van der Waals surface area contributed by atoms with Crippen molar-refractivity contribution in [2.24, 2.45) is 0 Å². The summed E-state index contributed by atoms with van der Waals surface area (Å²) in [5, 5.41) is 0. The molecule has 2 aromatic rings. The Morgan fingerprint density at radius 2 is 1.54 bits per heavy atom. The summed E-state index contributed by atoms with van der Waals surface area (Å²) in [5.41, 5.74) is 1.33. The summed E-state index contributed by atoms with van der Waals surface area (Å²) in [6.07, 6.45) is 0.784. The van der Waals surface area contributed by atoms with E-state index in [1.54, 1.807) is 36.4 Å². The summed E-state index contributed by atoms with van der Waals surface area (Å²) >= 11 is 0. The van der Waals surface area contributed by atoms with Crippen LogP contribution < -0.4 is 4.74 Å². The number of nitrogens with zero attached hydrogens (tertiary/aromatic N) is 1. The number of fused-ring (bicyclic) bond motifs is 1. The zero-order valence-corrected chi connectivity index (χ0v) is 16.2. The van der Waals surface area contributed by atoms with Crippen molar-refractivity contribution >= 4 is 27.6 Å². The van der Waals surface area contributed by atoms with Gasteiger partial charge in [-0.3, -0.25) is 14.5 Å². The van der Waals surface area contributed by atoms with Crippen LogP contribution >= 0.6 is 0 Å². The topological polar surface area (TPSA) is 97.8 Å². The van der Waals surface area contributed by atoms with Gasteiger partial charge in [0.25, 0.3) is 11.8 Å². The molecule has 0 aliphatic carbocycles. The third-order valence-corrected chi connectivity index (χ3v) is 5.39. The lowest BCUT2D eigenvalue weighted by molar-refractivity contribution is -0.138. The minimum Gasteiger partial charge on any atom is -0.425 e. The van der Waals surface area contributed by atoms with Crippen LogP contribution in [0.1, 0.15) is 32.7 Å². The molecule has 1 unspecified atom stereocenters. The predicted octanol–water partition coefficient (Wildman–Crippen LogP) is 2.00. The molecule has 0 N–H and O–H groups in total. The summed E-state index contributed by atoms with van der Waals surface area (Å²) in [5.74, 6) is -2.26. The van der Waals surface area contributed by atoms with Crippen LogP contribution in [0.4, 0.5) is 0 Å². The van der Waals surface area contributed by atoms with Crippen LogP contribution in [0.15, 0.2) is 48.5 Å². The molecule has 0 fully saturated rings. The maximum Gasteiger partial charge on any atom is 0.334 e. The Hall–Kier alpha value is -3.00. The van der Waals surface area contributed by atoms with Gasteiger partial charge in [0.2, 0.25) is 0 Å². The van der Waals surface area contributed by atoms with Gasteiger partial charge >= 0.3 is 5.97 Å². The first-order chi connectivity index (χ1) is 13.2. The number of hydrogen-bond acceptors (Lipinski definition) is 6. The highest BCUT2D eigenvalue weighted by atomic mass is 32.2. The van der Waals surface area contributed by atoms with Crippen LogP contribution in [-0.2, 0) is 14.6 Å². The van der Waals surface area contributed by atoms with Gasteiger partial charge in [-0.05, 0) is 37.6 Å². The minimum atomic E-state index is -3.42. The number of hydrogen-bond donors (Lipinski definition) is 0. The Morgan fingerprint density at radius 3 is 2.04 bits per heavy atom. The van der Waals surface area contributed by atoms with Crippen molar-refractivity contribution in [3.8, 4) is 5.75 Å². The summed E-state index contributed by atoms with van der Waals surface area (Å²) in [6.45, 7) is 1.87. The summed E-state index contributed by atoms with van der Waals surface area (Å²) in [7, 11) is -3.42. The molecule has 146 valence electrons. The second-order valence-electron chi connectivity index (χ2n) is 6.69. The van der Waals surface area contributed by atoms with Gasteiger partial charge in [-0.25, -0.2) is 13.2 Å². The fourth-order valence-corrected chi connectivity index (χ4v) is 3.61. The lowest BCUT2D eigenvalue weighted by Crippen LogP contribution is -2.47. The minimum absolute atomic E-state index is 0.181. The number of amides is 2. The SMILES string of the molecule is Cc1ccc(OC(=O)C(CCS(C)(=O)=O)N2C(=O)c3ccccc3C2=O)cc1. The van der Waals surface area contributed by atoms with Gasteiger partial charge in [-0.2, -0.15) is 0 Å². The normalized spacial score (nSPS) is 14.7. The second-order valence-corrected chi connectivity index (χ2v) is 8.95. The van der Waals surface area contributed by atoms with Crippen LogP contribution in [0.3, 0.4) is 0 Å². The average molecular weight is 401 g/mol. The first-order valence-electron chi connectivity index (χ1n) is 8.60. The molecule has 1 aliphatic heterocycles. The molecule has 0 aromatic heterocycles. The Morgan fingerprint density at radius 1 is 1.00 bits per heavy atom. The van der Waals surface area contributed by atoms with Crippen molar-refractivity contribution < 1.29 is 27.5 Å². The number of esters is 1. The highest BCUT2D eigenvalue weighted by Crippen LogP contribution is 2.27. The Kier molecular flexibility index (Phi) is 5.33. The fourth-order valence-electron chi connectivity index (χ4n) is 2.96. The van der Waals surface area contributed by atoms with E-state index in [0.717, 1.165) is 16.7 Å². The quantitative estimate of drug-likeness (QED) is 0.417. The van der Waals surface area contributed by atoms with Crippen molar-refractivity contribution in [1.82, 2.24) is 4.90 Å². The fraction of sp³-hybridized carbons (Fsp3) is 0.250. The molecule has 0 radical (unpaired) electrons. The van der Waals surface area contributed by atoms with Gasteiger partial charge in [0, 0.05) is 6.26 Å². The number of carbonyl (C=O) groups excluding carboxylic acids is 3. The van der Waals surface area contributed by atoms with Crippen LogP contribution in [-0.4, -0.2) is 49.2 Å². The Balaban J connectivity index is 1.91. The van der Waals surface area contributed by atoms with Gasteiger partial charge < -0.3 is 4.74 Å². The van der Waals surface area contributed by atoms with E-state index in [9.17, 15) is 22.8 Å². The first-order valence-corrected chi connectivity index (χ1v) is 10.7. The second kappa shape index (κ2) is 7.55. The third-order valence-electron chi connectivity index (χ3n) is 4.41. The maximum absolute atomic E-state index is 12.8. The third kappa shape index (κ3) is 4.12. The van der Waals surface area contributed by atoms with Crippen molar-refractivity contribution in [2.45, 2.75) is 19.4 Å². The first kappa shape index (κ1) is 19.8. The molecule has 0 saturated carbocycles. The number of rotatable bonds is 6. The molecule has 7 nitrogen and oxygen atoms in total.